The van der Waals surface area contributed by atoms with Crippen LogP contribution in [0.5, 0.6) is 11.5 Å². The summed E-state index contributed by atoms with van der Waals surface area (Å²) in [7, 11) is 1.49. The Bertz CT molecular complexity index is 415. The van der Waals surface area contributed by atoms with Gasteiger partial charge in [0.1, 0.15) is 11.5 Å². The Morgan fingerprint density at radius 3 is 2.35 bits per heavy atom. The highest BCUT2D eigenvalue weighted by molar-refractivity contribution is 5.86. The van der Waals surface area contributed by atoms with Crippen LogP contribution in [0.2, 0.25) is 0 Å². The first kappa shape index (κ1) is 16.3. The number of aromatic carboxylic acids is 1. The summed E-state index contributed by atoms with van der Waals surface area (Å²) in [5, 5.41) is 10.9. The first-order valence-electron chi connectivity index (χ1n) is 7.20. The molecule has 0 unspecified atom stereocenters. The zero-order valence-electron chi connectivity index (χ0n) is 12.3. The number of methoxy groups -OCH3 is 1. The molecule has 0 saturated heterocycles. The Kier molecular flexibility index (Phi) is 7.55. The zero-order chi connectivity index (χ0) is 14.8. The highest BCUT2D eigenvalue weighted by Gasteiger charge is 2.03. The van der Waals surface area contributed by atoms with Crippen molar-refractivity contribution >= 4 is 5.97 Å². The minimum atomic E-state index is -1.23. The summed E-state index contributed by atoms with van der Waals surface area (Å²) in [4.78, 5) is 10.9. The molecule has 1 rings (SSSR count). The standard InChI is InChI=1S/C16H24O4/c1-3-4-5-6-7-8-9-20-15-11-13(16(17)18)10-14(12-15)19-2/h10-12H,3-9H2,1-2H3,(H,17,18)/p-1. The van der Waals surface area contributed by atoms with Gasteiger partial charge in [0.05, 0.1) is 19.7 Å². The van der Waals surface area contributed by atoms with Crippen molar-refractivity contribution in [2.24, 2.45) is 0 Å². The molecule has 0 amide bonds. The van der Waals surface area contributed by atoms with Crippen LogP contribution in [0.3, 0.4) is 0 Å². The summed E-state index contributed by atoms with van der Waals surface area (Å²) in [5.74, 6) is -0.255. The molecule has 0 aromatic heterocycles. The Morgan fingerprint density at radius 2 is 1.70 bits per heavy atom. The van der Waals surface area contributed by atoms with Crippen LogP contribution in [0, 0.1) is 0 Å². The Hall–Kier alpha value is -1.71. The van der Waals surface area contributed by atoms with Crippen LogP contribution in [-0.4, -0.2) is 19.7 Å². The van der Waals surface area contributed by atoms with Crippen LogP contribution in [0.15, 0.2) is 18.2 Å². The van der Waals surface area contributed by atoms with Crippen LogP contribution >= 0.6 is 0 Å². The Balaban J connectivity index is 2.39. The van der Waals surface area contributed by atoms with Gasteiger partial charge in [0.15, 0.2) is 0 Å². The van der Waals surface area contributed by atoms with Crippen LogP contribution < -0.4 is 14.6 Å². The minimum Gasteiger partial charge on any atom is -0.545 e. The molecule has 0 N–H and O–H groups in total. The highest BCUT2D eigenvalue weighted by atomic mass is 16.5. The third-order valence-electron chi connectivity index (χ3n) is 3.12. The fourth-order valence-corrected chi connectivity index (χ4v) is 1.96. The van der Waals surface area contributed by atoms with Gasteiger partial charge < -0.3 is 19.4 Å². The number of ether oxygens (including phenoxy) is 2. The number of carbonyl (C=O) groups excluding carboxylic acids is 1. The van der Waals surface area contributed by atoms with E-state index in [9.17, 15) is 9.90 Å². The molecule has 0 saturated carbocycles. The normalized spacial score (nSPS) is 10.3. The van der Waals surface area contributed by atoms with E-state index in [0.717, 1.165) is 12.8 Å². The third-order valence-corrected chi connectivity index (χ3v) is 3.12. The molecule has 1 aromatic carbocycles. The molecule has 0 radical (unpaired) electrons. The Morgan fingerprint density at radius 1 is 1.05 bits per heavy atom. The van der Waals surface area contributed by atoms with Gasteiger partial charge in [-0.1, -0.05) is 39.0 Å². The number of carboxylic acids is 1. The van der Waals surface area contributed by atoms with Crippen molar-refractivity contribution in [3.8, 4) is 11.5 Å². The lowest BCUT2D eigenvalue weighted by molar-refractivity contribution is -0.255. The van der Waals surface area contributed by atoms with Gasteiger partial charge in [0, 0.05) is 11.6 Å². The number of unbranched alkanes of at least 4 members (excludes halogenated alkanes) is 5. The van der Waals surface area contributed by atoms with Crippen molar-refractivity contribution in [2.45, 2.75) is 45.4 Å². The molecule has 1 aromatic rings. The summed E-state index contributed by atoms with van der Waals surface area (Å²) in [6.45, 7) is 2.78. The maximum Gasteiger partial charge on any atom is 0.123 e. The smallest absolute Gasteiger partial charge is 0.123 e. The van der Waals surface area contributed by atoms with Gasteiger partial charge in [-0.2, -0.15) is 0 Å². The van der Waals surface area contributed by atoms with E-state index in [1.165, 1.54) is 44.9 Å². The van der Waals surface area contributed by atoms with Gasteiger partial charge in [-0.15, -0.1) is 0 Å². The van der Waals surface area contributed by atoms with Crippen LogP contribution in [-0.2, 0) is 0 Å². The lowest BCUT2D eigenvalue weighted by Gasteiger charge is -2.11. The summed E-state index contributed by atoms with van der Waals surface area (Å²) in [5.41, 5.74) is 0.0716. The second-order valence-electron chi connectivity index (χ2n) is 4.80. The van der Waals surface area contributed by atoms with Crippen molar-refractivity contribution < 1.29 is 19.4 Å². The lowest BCUT2D eigenvalue weighted by Crippen LogP contribution is -2.22. The molecule has 0 heterocycles. The van der Waals surface area contributed by atoms with Gasteiger partial charge in [0.25, 0.3) is 0 Å². The van der Waals surface area contributed by atoms with E-state index in [0.29, 0.717) is 18.1 Å². The summed E-state index contributed by atoms with van der Waals surface area (Å²) in [6, 6.07) is 4.57. The second kappa shape index (κ2) is 9.23. The highest BCUT2D eigenvalue weighted by Crippen LogP contribution is 2.22. The predicted octanol–water partition coefficient (Wildman–Crippen LogP) is 2.80. The van der Waals surface area contributed by atoms with E-state index in [-0.39, 0.29) is 5.56 Å². The van der Waals surface area contributed by atoms with Gasteiger partial charge >= 0.3 is 0 Å². The molecular formula is C16H23O4-. The molecule has 0 aliphatic carbocycles. The average Bonchev–Trinajstić information content (AvgIpc) is 2.46. The molecule has 4 nitrogen and oxygen atoms in total. The zero-order valence-corrected chi connectivity index (χ0v) is 12.3. The minimum absolute atomic E-state index is 0.0716. The van der Waals surface area contributed by atoms with Crippen molar-refractivity contribution in [3.63, 3.8) is 0 Å². The Labute approximate surface area is 120 Å². The van der Waals surface area contributed by atoms with Gasteiger partial charge in [-0.25, -0.2) is 0 Å². The van der Waals surface area contributed by atoms with Crippen LogP contribution in [0.25, 0.3) is 0 Å². The van der Waals surface area contributed by atoms with E-state index < -0.39 is 5.97 Å². The topological polar surface area (TPSA) is 58.6 Å². The average molecular weight is 279 g/mol. The van der Waals surface area contributed by atoms with Crippen molar-refractivity contribution in [1.29, 1.82) is 0 Å². The third kappa shape index (κ3) is 5.95. The largest absolute Gasteiger partial charge is 0.545 e. The quantitative estimate of drug-likeness (QED) is 0.618. The summed E-state index contributed by atoms with van der Waals surface area (Å²) in [6.07, 6.45) is 7.13. The van der Waals surface area contributed by atoms with Gasteiger partial charge in [-0.05, 0) is 18.6 Å². The first-order chi connectivity index (χ1) is 9.67. The molecular weight excluding hydrogens is 256 g/mol. The number of benzene rings is 1. The fourth-order valence-electron chi connectivity index (χ4n) is 1.96. The van der Waals surface area contributed by atoms with E-state index in [4.69, 9.17) is 9.47 Å². The maximum absolute atomic E-state index is 10.9. The van der Waals surface area contributed by atoms with Gasteiger partial charge in [-0.3, -0.25) is 0 Å². The molecule has 0 spiro atoms. The number of carboxylic acid groups (broad SMARTS) is 1. The summed E-state index contributed by atoms with van der Waals surface area (Å²) >= 11 is 0. The second-order valence-corrected chi connectivity index (χ2v) is 4.80. The van der Waals surface area contributed by atoms with E-state index >= 15 is 0 Å². The summed E-state index contributed by atoms with van der Waals surface area (Å²) < 4.78 is 10.6. The number of carbonyl (C=O) groups is 1. The molecule has 4 heteroatoms. The molecule has 0 aliphatic heterocycles. The van der Waals surface area contributed by atoms with E-state index in [1.807, 2.05) is 0 Å². The van der Waals surface area contributed by atoms with E-state index in [1.54, 1.807) is 6.07 Å². The fraction of sp³-hybridized carbons (Fsp3) is 0.562. The van der Waals surface area contributed by atoms with Gasteiger partial charge in [0.2, 0.25) is 0 Å². The number of hydrogen-bond acceptors (Lipinski definition) is 4. The van der Waals surface area contributed by atoms with Crippen LogP contribution in [0.4, 0.5) is 0 Å². The molecule has 0 aliphatic rings. The first-order valence-corrected chi connectivity index (χ1v) is 7.20. The van der Waals surface area contributed by atoms with Crippen LogP contribution in [0.1, 0.15) is 55.8 Å². The van der Waals surface area contributed by atoms with Crippen molar-refractivity contribution in [2.75, 3.05) is 13.7 Å². The molecule has 20 heavy (non-hydrogen) atoms. The number of hydrogen-bond donors (Lipinski definition) is 0. The lowest BCUT2D eigenvalue weighted by atomic mass is 10.1. The molecule has 0 fully saturated rings. The molecule has 0 bridgehead atoms. The predicted molar refractivity (Wildman–Crippen MR) is 76.2 cm³/mol. The SMILES string of the molecule is CCCCCCCCOc1cc(OC)cc(C(=O)[O-])c1. The monoisotopic (exact) mass is 279 g/mol. The molecule has 0 atom stereocenters. The maximum atomic E-state index is 10.9. The van der Waals surface area contributed by atoms with Crippen molar-refractivity contribution in [3.05, 3.63) is 23.8 Å². The van der Waals surface area contributed by atoms with E-state index in [2.05, 4.69) is 6.92 Å². The van der Waals surface area contributed by atoms with Crippen molar-refractivity contribution in [1.82, 2.24) is 0 Å². The number of rotatable bonds is 10. The molecule has 112 valence electrons.